The van der Waals surface area contributed by atoms with Gasteiger partial charge in [-0.3, -0.25) is 0 Å². The molecule has 0 aliphatic heterocycles. The van der Waals surface area contributed by atoms with E-state index in [1.807, 2.05) is 0 Å². The fourth-order valence-electron chi connectivity index (χ4n) is 1.80. The number of aromatic amines is 1. The van der Waals surface area contributed by atoms with Crippen molar-refractivity contribution in [1.82, 2.24) is 9.97 Å². The molecule has 2 aromatic rings. The summed E-state index contributed by atoms with van der Waals surface area (Å²) in [5.41, 5.74) is 1.29. The Morgan fingerprint density at radius 2 is 1.74 bits per heavy atom. The van der Waals surface area contributed by atoms with Crippen LogP contribution in [0.1, 0.15) is 11.9 Å². The van der Waals surface area contributed by atoms with Gasteiger partial charge >= 0.3 is 0 Å². The molecular weight excluding hydrogens is 252 g/mol. The number of aliphatic hydroxyl groups excluding tert-OH is 5. The molecule has 4 atom stereocenters. The minimum atomic E-state index is -1.67. The topological polar surface area (TPSA) is 130 Å². The highest BCUT2D eigenvalue weighted by Gasteiger charge is 2.32. The van der Waals surface area contributed by atoms with Crippen molar-refractivity contribution in [2.24, 2.45) is 0 Å². The van der Waals surface area contributed by atoms with E-state index in [9.17, 15) is 20.4 Å². The number of rotatable bonds is 5. The van der Waals surface area contributed by atoms with Crippen molar-refractivity contribution in [1.29, 1.82) is 0 Å². The minimum absolute atomic E-state index is 0.0814. The molecule has 0 unspecified atom stereocenters. The Morgan fingerprint density at radius 1 is 1.05 bits per heavy atom. The fraction of sp³-hybridized carbons (Fsp3) is 0.417. The summed E-state index contributed by atoms with van der Waals surface area (Å²) in [7, 11) is 0. The standard InChI is InChI=1S/C12H16N2O5/c15-5-8(16)9(17)10(18)11(19)12-13-6-3-1-2-4-7(6)14-12/h1-4,8-11,15-19H,5H2,(H,13,14)/t8-,9+,10-,11+/m1/s1. The van der Waals surface area contributed by atoms with Gasteiger partial charge in [-0.2, -0.15) is 0 Å². The predicted octanol–water partition coefficient (Wildman–Crippen LogP) is -1.33. The van der Waals surface area contributed by atoms with Crippen LogP contribution in [0.2, 0.25) is 0 Å². The van der Waals surface area contributed by atoms with Crippen molar-refractivity contribution in [3.8, 4) is 0 Å². The summed E-state index contributed by atoms with van der Waals surface area (Å²) in [6.45, 7) is -0.717. The Kier molecular flexibility index (Phi) is 4.13. The van der Waals surface area contributed by atoms with Crippen LogP contribution in [-0.2, 0) is 0 Å². The van der Waals surface area contributed by atoms with E-state index < -0.39 is 31.0 Å². The normalized spacial score (nSPS) is 18.2. The number of hydrogen-bond acceptors (Lipinski definition) is 6. The largest absolute Gasteiger partial charge is 0.394 e. The number of nitrogens with one attached hydrogen (secondary N) is 1. The van der Waals surface area contributed by atoms with Crippen LogP contribution in [0.25, 0.3) is 11.0 Å². The Bertz CT molecular complexity index is 511. The van der Waals surface area contributed by atoms with Crippen molar-refractivity contribution >= 4 is 11.0 Å². The quantitative estimate of drug-likeness (QED) is 0.398. The van der Waals surface area contributed by atoms with E-state index in [1.165, 1.54) is 0 Å². The molecule has 0 bridgehead atoms. The summed E-state index contributed by atoms with van der Waals surface area (Å²) in [6, 6.07) is 7.05. The summed E-state index contributed by atoms with van der Waals surface area (Å²) in [5, 5.41) is 47.1. The van der Waals surface area contributed by atoms with E-state index >= 15 is 0 Å². The first-order valence-electron chi connectivity index (χ1n) is 5.82. The summed E-state index contributed by atoms with van der Waals surface area (Å²) < 4.78 is 0. The number of fused-ring (bicyclic) bond motifs is 1. The van der Waals surface area contributed by atoms with E-state index in [1.54, 1.807) is 24.3 Å². The van der Waals surface area contributed by atoms with Gasteiger partial charge in [0.25, 0.3) is 0 Å². The molecule has 7 nitrogen and oxygen atoms in total. The highest BCUT2D eigenvalue weighted by Crippen LogP contribution is 2.21. The molecule has 0 spiro atoms. The molecule has 1 aromatic carbocycles. The third-order valence-corrected chi connectivity index (χ3v) is 2.94. The maximum absolute atomic E-state index is 9.91. The highest BCUT2D eigenvalue weighted by molar-refractivity contribution is 5.74. The average molecular weight is 268 g/mol. The molecule has 0 aliphatic carbocycles. The monoisotopic (exact) mass is 268 g/mol. The van der Waals surface area contributed by atoms with Gasteiger partial charge in [0.2, 0.25) is 0 Å². The third-order valence-electron chi connectivity index (χ3n) is 2.94. The summed E-state index contributed by atoms with van der Waals surface area (Å²) in [6.07, 6.45) is -6.37. The Labute approximate surface area is 108 Å². The molecule has 0 amide bonds. The molecule has 0 saturated carbocycles. The average Bonchev–Trinajstić information content (AvgIpc) is 2.87. The van der Waals surface area contributed by atoms with Crippen LogP contribution in [0.15, 0.2) is 24.3 Å². The van der Waals surface area contributed by atoms with Crippen LogP contribution in [0.4, 0.5) is 0 Å². The molecule has 2 rings (SSSR count). The van der Waals surface area contributed by atoms with Gasteiger partial charge in [-0.15, -0.1) is 0 Å². The van der Waals surface area contributed by atoms with Gasteiger partial charge in [0.15, 0.2) is 0 Å². The number of para-hydroxylation sites is 2. The van der Waals surface area contributed by atoms with Crippen molar-refractivity contribution in [2.75, 3.05) is 6.61 Å². The van der Waals surface area contributed by atoms with Gasteiger partial charge in [0.1, 0.15) is 30.2 Å². The molecule has 0 radical (unpaired) electrons. The number of H-pyrrole nitrogens is 1. The third kappa shape index (κ3) is 2.75. The highest BCUT2D eigenvalue weighted by atomic mass is 16.4. The van der Waals surface area contributed by atoms with Gasteiger partial charge in [-0.1, -0.05) is 12.1 Å². The first kappa shape index (κ1) is 13.9. The number of nitrogens with zero attached hydrogens (tertiary/aromatic N) is 1. The summed E-state index contributed by atoms with van der Waals surface area (Å²) in [5.74, 6) is 0.0814. The lowest BCUT2D eigenvalue weighted by atomic mass is 10.0. The molecule has 1 heterocycles. The van der Waals surface area contributed by atoms with E-state index in [0.717, 1.165) is 0 Å². The van der Waals surface area contributed by atoms with E-state index in [0.29, 0.717) is 11.0 Å². The zero-order valence-electron chi connectivity index (χ0n) is 10.0. The number of benzene rings is 1. The van der Waals surface area contributed by atoms with Crippen LogP contribution < -0.4 is 0 Å². The maximum atomic E-state index is 9.91. The van der Waals surface area contributed by atoms with Crippen LogP contribution >= 0.6 is 0 Å². The van der Waals surface area contributed by atoms with E-state index in [-0.39, 0.29) is 5.82 Å². The summed E-state index contributed by atoms with van der Waals surface area (Å²) in [4.78, 5) is 6.89. The molecule has 0 fully saturated rings. The SMILES string of the molecule is OC[C@@H](O)[C@H](O)[C@@H](O)[C@H](O)c1nc2ccccc2[nH]1. The van der Waals surface area contributed by atoms with Gasteiger partial charge in [0, 0.05) is 0 Å². The number of hydrogen-bond donors (Lipinski definition) is 6. The Hall–Kier alpha value is -1.51. The zero-order chi connectivity index (χ0) is 14.0. The second kappa shape index (κ2) is 5.64. The van der Waals surface area contributed by atoms with Crippen molar-refractivity contribution in [3.63, 3.8) is 0 Å². The second-order valence-electron chi connectivity index (χ2n) is 4.32. The van der Waals surface area contributed by atoms with Crippen LogP contribution in [0, 0.1) is 0 Å². The lowest BCUT2D eigenvalue weighted by Crippen LogP contribution is -2.42. The van der Waals surface area contributed by atoms with E-state index in [2.05, 4.69) is 9.97 Å². The zero-order valence-corrected chi connectivity index (χ0v) is 10.0. The molecule has 6 N–H and O–H groups in total. The number of aliphatic hydroxyl groups is 5. The number of aromatic nitrogens is 2. The van der Waals surface area contributed by atoms with Crippen molar-refractivity contribution in [2.45, 2.75) is 24.4 Å². The first-order valence-corrected chi connectivity index (χ1v) is 5.82. The Balaban J connectivity index is 2.20. The maximum Gasteiger partial charge on any atom is 0.140 e. The number of imidazole rings is 1. The van der Waals surface area contributed by atoms with Crippen LogP contribution in [-0.4, -0.2) is 60.4 Å². The molecule has 104 valence electrons. The molecule has 1 aromatic heterocycles. The first-order chi connectivity index (χ1) is 9.04. The summed E-state index contributed by atoms with van der Waals surface area (Å²) >= 11 is 0. The van der Waals surface area contributed by atoms with Gasteiger partial charge < -0.3 is 30.5 Å². The predicted molar refractivity (Wildman–Crippen MR) is 66.2 cm³/mol. The van der Waals surface area contributed by atoms with Gasteiger partial charge in [-0.25, -0.2) is 4.98 Å². The lowest BCUT2D eigenvalue weighted by molar-refractivity contribution is -0.117. The molecule has 7 heteroatoms. The molecule has 19 heavy (non-hydrogen) atoms. The molecule has 0 saturated heterocycles. The van der Waals surface area contributed by atoms with Crippen LogP contribution in [0.3, 0.4) is 0 Å². The lowest BCUT2D eigenvalue weighted by Gasteiger charge is -2.24. The Morgan fingerprint density at radius 3 is 2.37 bits per heavy atom. The van der Waals surface area contributed by atoms with Gasteiger partial charge in [-0.05, 0) is 12.1 Å². The fourth-order valence-corrected chi connectivity index (χ4v) is 1.80. The van der Waals surface area contributed by atoms with Crippen molar-refractivity contribution in [3.05, 3.63) is 30.1 Å². The van der Waals surface area contributed by atoms with Crippen molar-refractivity contribution < 1.29 is 25.5 Å². The smallest absolute Gasteiger partial charge is 0.140 e. The van der Waals surface area contributed by atoms with Gasteiger partial charge in [0.05, 0.1) is 17.6 Å². The van der Waals surface area contributed by atoms with Crippen LogP contribution in [0.5, 0.6) is 0 Å². The minimum Gasteiger partial charge on any atom is -0.394 e. The second-order valence-corrected chi connectivity index (χ2v) is 4.32. The van der Waals surface area contributed by atoms with E-state index in [4.69, 9.17) is 5.11 Å². The molecule has 0 aliphatic rings. The molecular formula is C12H16N2O5.